The maximum atomic E-state index is 12.7. The van der Waals surface area contributed by atoms with Gasteiger partial charge in [-0.3, -0.25) is 4.79 Å². The normalized spacial score (nSPS) is 14.6. The van der Waals surface area contributed by atoms with Crippen molar-refractivity contribution in [3.05, 3.63) is 47.8 Å². The fourth-order valence-corrected chi connectivity index (χ4v) is 3.29. The molecule has 1 aliphatic carbocycles. The van der Waals surface area contributed by atoms with E-state index < -0.39 is 5.41 Å². The monoisotopic (exact) mass is 390 g/mol. The lowest BCUT2D eigenvalue weighted by Gasteiger charge is -2.12. The Morgan fingerprint density at radius 3 is 2.76 bits per heavy atom. The third kappa shape index (κ3) is 3.31. The number of nitrogens with zero attached hydrogens (tertiary/aromatic N) is 4. The first kappa shape index (κ1) is 18.9. The van der Waals surface area contributed by atoms with Crippen molar-refractivity contribution in [3.8, 4) is 23.1 Å². The summed E-state index contributed by atoms with van der Waals surface area (Å²) in [5.74, 6) is 1.01. The van der Waals surface area contributed by atoms with Gasteiger partial charge in [-0.25, -0.2) is 9.50 Å². The molecule has 0 bridgehead atoms. The van der Waals surface area contributed by atoms with Crippen LogP contribution >= 0.6 is 0 Å². The topological polar surface area (TPSA) is 89.5 Å². The fourth-order valence-electron chi connectivity index (χ4n) is 3.29. The van der Waals surface area contributed by atoms with Crippen molar-refractivity contribution in [1.29, 1.82) is 5.26 Å². The highest BCUT2D eigenvalue weighted by Gasteiger charge is 2.56. The van der Waals surface area contributed by atoms with Gasteiger partial charge in [0, 0.05) is 5.56 Å². The Morgan fingerprint density at radius 2 is 2.10 bits per heavy atom. The summed E-state index contributed by atoms with van der Waals surface area (Å²) in [7, 11) is 1.57. The molecule has 2 aromatic heterocycles. The minimum atomic E-state index is -0.780. The van der Waals surface area contributed by atoms with E-state index in [-0.39, 0.29) is 11.9 Å². The van der Waals surface area contributed by atoms with Crippen LogP contribution in [0.15, 0.2) is 36.4 Å². The molecule has 4 rings (SSSR count). The van der Waals surface area contributed by atoms with Crippen LogP contribution in [0.3, 0.4) is 0 Å². The van der Waals surface area contributed by atoms with Crippen molar-refractivity contribution in [2.45, 2.75) is 32.1 Å². The van der Waals surface area contributed by atoms with Crippen LogP contribution in [-0.4, -0.2) is 34.3 Å². The molecule has 1 aliphatic rings. The number of benzene rings is 1. The molecule has 2 heterocycles. The van der Waals surface area contributed by atoms with E-state index in [0.717, 1.165) is 11.3 Å². The van der Waals surface area contributed by atoms with Crippen LogP contribution < -0.4 is 4.74 Å². The molecule has 3 aromatic rings. The number of aromatic nitrogens is 3. The Bertz CT molecular complexity index is 1120. The maximum Gasteiger partial charge on any atom is 0.319 e. The second kappa shape index (κ2) is 7.21. The molecule has 0 amide bonds. The van der Waals surface area contributed by atoms with E-state index in [4.69, 9.17) is 9.47 Å². The molecule has 0 unspecified atom stereocenters. The van der Waals surface area contributed by atoms with Crippen LogP contribution in [0.4, 0.5) is 0 Å². The van der Waals surface area contributed by atoms with Crippen molar-refractivity contribution < 1.29 is 14.3 Å². The summed E-state index contributed by atoms with van der Waals surface area (Å²) in [5, 5.41) is 13.9. The van der Waals surface area contributed by atoms with E-state index in [0.29, 0.717) is 42.2 Å². The Labute approximate surface area is 168 Å². The molecule has 148 valence electrons. The zero-order valence-electron chi connectivity index (χ0n) is 16.7. The van der Waals surface area contributed by atoms with Crippen LogP contribution in [-0.2, 0) is 14.9 Å². The average molecular weight is 390 g/mol. The smallest absolute Gasteiger partial charge is 0.319 e. The number of fused-ring (bicyclic) bond motifs is 1. The molecule has 7 heteroatoms. The second-order valence-corrected chi connectivity index (χ2v) is 7.72. The second-order valence-electron chi connectivity index (χ2n) is 7.72. The highest BCUT2D eigenvalue weighted by atomic mass is 16.5. The molecule has 29 heavy (non-hydrogen) atoms. The molecule has 7 nitrogen and oxygen atoms in total. The number of pyridine rings is 1. The van der Waals surface area contributed by atoms with Gasteiger partial charge < -0.3 is 9.47 Å². The molecule has 0 saturated heterocycles. The first-order valence-electron chi connectivity index (χ1n) is 9.60. The molecule has 0 radical (unpaired) electrons. The summed E-state index contributed by atoms with van der Waals surface area (Å²) in [6.07, 6.45) is 1.34. The SMILES string of the molecule is COc1ccc(-c2cccc(C#N)c2)n2nc(C3(C(=O)OCC(C)C)CC3)nc12. The molecular formula is C22H22N4O3. The summed E-state index contributed by atoms with van der Waals surface area (Å²) in [4.78, 5) is 17.4. The largest absolute Gasteiger partial charge is 0.493 e. The van der Waals surface area contributed by atoms with Gasteiger partial charge in [-0.1, -0.05) is 26.0 Å². The number of hydrogen-bond acceptors (Lipinski definition) is 6. The molecule has 1 aromatic carbocycles. The number of carbonyl (C=O) groups is 1. The first-order chi connectivity index (χ1) is 14.0. The summed E-state index contributed by atoms with van der Waals surface area (Å²) < 4.78 is 12.6. The summed E-state index contributed by atoms with van der Waals surface area (Å²) in [6.45, 7) is 4.38. The van der Waals surface area contributed by atoms with Gasteiger partial charge in [0.2, 0.25) is 0 Å². The predicted molar refractivity (Wildman–Crippen MR) is 106 cm³/mol. The van der Waals surface area contributed by atoms with Crippen molar-refractivity contribution >= 4 is 11.6 Å². The number of esters is 1. The van der Waals surface area contributed by atoms with Crippen molar-refractivity contribution in [2.24, 2.45) is 5.92 Å². The third-order valence-corrected chi connectivity index (χ3v) is 5.07. The van der Waals surface area contributed by atoms with Crippen molar-refractivity contribution in [3.63, 3.8) is 0 Å². The van der Waals surface area contributed by atoms with Crippen LogP contribution in [0.2, 0.25) is 0 Å². The van der Waals surface area contributed by atoms with E-state index in [9.17, 15) is 10.1 Å². The molecule has 1 fully saturated rings. The lowest BCUT2D eigenvalue weighted by atomic mass is 10.1. The van der Waals surface area contributed by atoms with Gasteiger partial charge in [0.25, 0.3) is 0 Å². The quantitative estimate of drug-likeness (QED) is 0.599. The van der Waals surface area contributed by atoms with Crippen LogP contribution in [0, 0.1) is 17.2 Å². The third-order valence-electron chi connectivity index (χ3n) is 5.07. The zero-order valence-corrected chi connectivity index (χ0v) is 16.7. The molecular weight excluding hydrogens is 368 g/mol. The van der Waals surface area contributed by atoms with Gasteiger partial charge in [0.1, 0.15) is 5.41 Å². The minimum Gasteiger partial charge on any atom is -0.493 e. The first-order valence-corrected chi connectivity index (χ1v) is 9.60. The number of nitriles is 1. The minimum absolute atomic E-state index is 0.267. The highest BCUT2D eigenvalue weighted by Crippen LogP contribution is 2.48. The number of ether oxygens (including phenoxy) is 2. The average Bonchev–Trinajstić information content (AvgIpc) is 3.43. The zero-order chi connectivity index (χ0) is 20.6. The predicted octanol–water partition coefficient (Wildman–Crippen LogP) is 3.51. The summed E-state index contributed by atoms with van der Waals surface area (Å²) >= 11 is 0. The van der Waals surface area contributed by atoms with Crippen molar-refractivity contribution in [1.82, 2.24) is 14.6 Å². The Balaban J connectivity index is 1.81. The fraction of sp³-hybridized carbons (Fsp3) is 0.364. The Kier molecular flexibility index (Phi) is 4.71. The van der Waals surface area contributed by atoms with Gasteiger partial charge in [-0.05, 0) is 43.0 Å². The van der Waals surface area contributed by atoms with E-state index >= 15 is 0 Å². The van der Waals surface area contributed by atoms with E-state index in [1.165, 1.54) is 0 Å². The number of methoxy groups -OCH3 is 1. The molecule has 0 spiro atoms. The van der Waals surface area contributed by atoms with E-state index in [1.807, 2.05) is 38.1 Å². The molecule has 0 atom stereocenters. The number of carbonyl (C=O) groups excluding carboxylic acids is 1. The number of rotatable bonds is 6. The van der Waals surface area contributed by atoms with Crippen LogP contribution in [0.1, 0.15) is 38.1 Å². The lowest BCUT2D eigenvalue weighted by Crippen LogP contribution is -2.26. The van der Waals surface area contributed by atoms with E-state index in [2.05, 4.69) is 16.2 Å². The molecule has 0 N–H and O–H groups in total. The van der Waals surface area contributed by atoms with Crippen LogP contribution in [0.25, 0.3) is 16.9 Å². The van der Waals surface area contributed by atoms with Crippen LogP contribution in [0.5, 0.6) is 5.75 Å². The summed E-state index contributed by atoms with van der Waals surface area (Å²) in [6, 6.07) is 13.1. The van der Waals surface area contributed by atoms with Gasteiger partial charge in [0.15, 0.2) is 17.2 Å². The van der Waals surface area contributed by atoms with Gasteiger partial charge >= 0.3 is 5.97 Å². The Hall–Kier alpha value is -3.40. The highest BCUT2D eigenvalue weighted by molar-refractivity contribution is 5.86. The van der Waals surface area contributed by atoms with Gasteiger partial charge in [0.05, 0.1) is 31.0 Å². The molecule has 1 saturated carbocycles. The molecule has 0 aliphatic heterocycles. The van der Waals surface area contributed by atoms with Gasteiger partial charge in [-0.2, -0.15) is 5.26 Å². The maximum absolute atomic E-state index is 12.7. The standard InChI is InChI=1S/C22H22N4O3/c1-14(2)13-29-21(27)22(9-10-22)20-24-19-18(28-3)8-7-17(26(19)25-20)16-6-4-5-15(11-16)12-23/h4-8,11,14H,9-10,13H2,1-3H3. The Morgan fingerprint density at radius 1 is 1.31 bits per heavy atom. The number of hydrogen-bond donors (Lipinski definition) is 0. The van der Waals surface area contributed by atoms with Gasteiger partial charge in [-0.15, -0.1) is 5.10 Å². The lowest BCUT2D eigenvalue weighted by molar-refractivity contribution is -0.148. The summed E-state index contributed by atoms with van der Waals surface area (Å²) in [5.41, 5.74) is 1.91. The van der Waals surface area contributed by atoms with E-state index in [1.54, 1.807) is 23.8 Å². The van der Waals surface area contributed by atoms with Crippen molar-refractivity contribution in [2.75, 3.05) is 13.7 Å².